The summed E-state index contributed by atoms with van der Waals surface area (Å²) in [7, 11) is 5.29. The van der Waals surface area contributed by atoms with E-state index in [-0.39, 0.29) is 37.3 Å². The maximum absolute atomic E-state index is 14.5. The molecule has 4 rings (SSSR count). The first-order chi connectivity index (χ1) is 29.0. The highest BCUT2D eigenvalue weighted by atomic mass is 16.7. The number of rotatable bonds is 13. The Labute approximate surface area is 370 Å². The second-order valence-corrected chi connectivity index (χ2v) is 19.6. The lowest BCUT2D eigenvalue weighted by molar-refractivity contribution is -0.318. The molecule has 0 bridgehead atoms. The first kappa shape index (κ1) is 52.7. The summed E-state index contributed by atoms with van der Waals surface area (Å²) in [6.45, 7) is 20.1. The van der Waals surface area contributed by atoms with Crippen molar-refractivity contribution in [1.29, 1.82) is 0 Å². The fourth-order valence-corrected chi connectivity index (χ4v) is 10.0. The van der Waals surface area contributed by atoms with Crippen molar-refractivity contribution in [3.8, 4) is 0 Å². The van der Waals surface area contributed by atoms with E-state index in [0.29, 0.717) is 32.6 Å². The van der Waals surface area contributed by atoms with Crippen molar-refractivity contribution in [2.45, 2.75) is 198 Å². The number of esters is 1. The van der Waals surface area contributed by atoms with Crippen LogP contribution in [-0.2, 0) is 39.8 Å². The van der Waals surface area contributed by atoms with Crippen LogP contribution < -0.4 is 5.32 Å². The lowest BCUT2D eigenvalue weighted by Gasteiger charge is -2.48. The van der Waals surface area contributed by atoms with Crippen LogP contribution in [0.25, 0.3) is 0 Å². The summed E-state index contributed by atoms with van der Waals surface area (Å²) in [5.74, 6) is -2.69. The Kier molecular flexibility index (Phi) is 19.2. The predicted molar refractivity (Wildman–Crippen MR) is 234 cm³/mol. The van der Waals surface area contributed by atoms with Crippen molar-refractivity contribution < 1.29 is 58.7 Å². The summed E-state index contributed by atoms with van der Waals surface area (Å²) in [6, 6.07) is 3.03. The van der Waals surface area contributed by atoms with E-state index in [9.17, 15) is 30.3 Å². The molecule has 3 aliphatic heterocycles. The minimum absolute atomic E-state index is 0.122. The van der Waals surface area contributed by atoms with Crippen LogP contribution in [0.2, 0.25) is 0 Å². The Hall–Kier alpha value is -1.90. The lowest BCUT2D eigenvalue weighted by atomic mass is 9.77. The number of ether oxygens (including phenoxy) is 6. The van der Waals surface area contributed by atoms with Crippen LogP contribution in [0.3, 0.4) is 0 Å². The Morgan fingerprint density at radius 3 is 2.31 bits per heavy atom. The molecule has 6 N–H and O–H groups in total. The minimum Gasteiger partial charge on any atom is -0.459 e. The predicted octanol–water partition coefficient (Wildman–Crippen LogP) is 2.85. The van der Waals surface area contributed by atoms with Crippen LogP contribution >= 0.6 is 0 Å². The maximum atomic E-state index is 14.5. The molecule has 4 heterocycles. The van der Waals surface area contributed by atoms with Crippen molar-refractivity contribution >= 4 is 5.97 Å². The normalized spacial score (nSPS) is 43.5. The van der Waals surface area contributed by atoms with Gasteiger partial charge in [-0.2, -0.15) is 0 Å². The third-order valence-corrected chi connectivity index (χ3v) is 13.9. The van der Waals surface area contributed by atoms with Gasteiger partial charge in [-0.15, -0.1) is 0 Å². The summed E-state index contributed by atoms with van der Waals surface area (Å²) in [5.41, 5.74) is -3.43. The number of hydrogen-bond donors (Lipinski definition) is 6. The zero-order chi connectivity index (χ0) is 46.3. The van der Waals surface area contributed by atoms with Gasteiger partial charge >= 0.3 is 5.97 Å². The molecule has 0 unspecified atom stereocenters. The van der Waals surface area contributed by atoms with E-state index in [0.717, 1.165) is 12.0 Å². The molecule has 18 atom stereocenters. The van der Waals surface area contributed by atoms with E-state index >= 15 is 0 Å². The number of carbonyl (C=O) groups is 1. The SMILES string of the molecule is CC[C@H]1OC(=O)[C@H](C)[C@@H](O[C@H]2C[C@@](C)(OC)[C@@H](O)[C@H](C)O2)[C@H](C)[C@@H](O[C@@H]2O[C@H](C)C[C@H](N(C)C)[C@H]2O)[C@](C)(O)C[C@@H](C)CN(CCCNCc2cccnc2)[C@H](C)[C@@H](O)[C@]1(C)O. The Morgan fingerprint density at radius 1 is 1.00 bits per heavy atom. The number of likely N-dealkylation sites (N-methyl/N-ethyl adjacent to an activating group) is 1. The first-order valence-corrected chi connectivity index (χ1v) is 22.8. The molecule has 3 saturated heterocycles. The lowest BCUT2D eigenvalue weighted by Crippen LogP contribution is -2.60. The van der Waals surface area contributed by atoms with Gasteiger partial charge < -0.3 is 64.2 Å². The maximum Gasteiger partial charge on any atom is 0.311 e. The molecule has 16 heteroatoms. The number of methoxy groups -OCH3 is 1. The third-order valence-electron chi connectivity index (χ3n) is 13.9. The van der Waals surface area contributed by atoms with Gasteiger partial charge in [-0.25, -0.2) is 0 Å². The third kappa shape index (κ3) is 12.9. The number of cyclic esters (lactones) is 1. The fraction of sp³-hybridized carbons (Fsp3) is 0.870. The zero-order valence-electron chi connectivity index (χ0n) is 39.8. The number of hydrogen-bond acceptors (Lipinski definition) is 16. The highest BCUT2D eigenvalue weighted by Crippen LogP contribution is 2.40. The smallest absolute Gasteiger partial charge is 0.311 e. The first-order valence-electron chi connectivity index (χ1n) is 22.8. The van der Waals surface area contributed by atoms with Gasteiger partial charge in [0.25, 0.3) is 0 Å². The second kappa shape index (κ2) is 22.5. The molecule has 358 valence electrons. The molecule has 0 spiro atoms. The molecule has 0 radical (unpaired) electrons. The molecule has 3 fully saturated rings. The molecule has 1 aromatic rings. The Bertz CT molecular complexity index is 1510. The van der Waals surface area contributed by atoms with Gasteiger partial charge in [0.15, 0.2) is 12.6 Å². The topological polar surface area (TPSA) is 205 Å². The van der Waals surface area contributed by atoms with E-state index in [2.05, 4.69) is 15.2 Å². The van der Waals surface area contributed by atoms with Crippen molar-refractivity contribution in [2.24, 2.45) is 17.8 Å². The van der Waals surface area contributed by atoms with Crippen LogP contribution in [0.15, 0.2) is 24.5 Å². The number of aromatic nitrogens is 1. The summed E-state index contributed by atoms with van der Waals surface area (Å²) in [6.07, 6.45) is -4.23. The van der Waals surface area contributed by atoms with E-state index in [1.165, 1.54) is 14.0 Å². The fourth-order valence-electron chi connectivity index (χ4n) is 10.0. The summed E-state index contributed by atoms with van der Waals surface area (Å²) in [5, 5.41) is 63.2. The van der Waals surface area contributed by atoms with Crippen LogP contribution in [-0.4, -0.2) is 177 Å². The number of nitrogens with one attached hydrogen (secondary N) is 1. The average Bonchev–Trinajstić information content (AvgIpc) is 3.21. The number of nitrogens with zero attached hydrogens (tertiary/aromatic N) is 3. The van der Waals surface area contributed by atoms with Gasteiger partial charge in [-0.1, -0.05) is 26.8 Å². The van der Waals surface area contributed by atoms with E-state index in [1.807, 2.05) is 65.0 Å². The van der Waals surface area contributed by atoms with E-state index in [4.69, 9.17) is 28.4 Å². The highest BCUT2D eigenvalue weighted by Gasteiger charge is 2.53. The second-order valence-electron chi connectivity index (χ2n) is 19.6. The standard InChI is InChI=1S/C46H82N4O12/c1-14-35-46(10,56)39(52)31(6)50(20-16-19-48-25-33-17-15-18-47-24-33)26-27(2)22-44(8,55)41(62-43-37(51)34(49(11)12)21-28(3)58-43)29(4)38(30(5)42(54)60-35)61-36-23-45(9,57-13)40(53)32(7)59-36/h15,17-18,24,27-32,34-41,43,48,51-53,55-56H,14,16,19-23,25-26H2,1-13H3/t27-,28-,29+,30-,31-,32+,34+,35-,36+,37-,38+,39-,40+,41-,43+,44-,45-,46-/m1/s1. The van der Waals surface area contributed by atoms with Crippen molar-refractivity contribution in [3.05, 3.63) is 30.1 Å². The van der Waals surface area contributed by atoms with Gasteiger partial charge in [-0.3, -0.25) is 14.7 Å². The molecule has 0 aromatic carbocycles. The molecule has 16 nitrogen and oxygen atoms in total. The van der Waals surface area contributed by atoms with Crippen molar-refractivity contribution in [3.63, 3.8) is 0 Å². The van der Waals surface area contributed by atoms with E-state index in [1.54, 1.807) is 40.8 Å². The molecule has 1 aromatic heterocycles. The molecule has 62 heavy (non-hydrogen) atoms. The molecule has 0 aliphatic carbocycles. The minimum atomic E-state index is -1.85. The number of aliphatic hydroxyl groups excluding tert-OH is 3. The van der Waals surface area contributed by atoms with Crippen molar-refractivity contribution in [1.82, 2.24) is 20.1 Å². The zero-order valence-corrected chi connectivity index (χ0v) is 39.8. The number of pyridine rings is 1. The van der Waals surface area contributed by atoms with Crippen LogP contribution in [0, 0.1) is 17.8 Å². The number of carbonyl (C=O) groups excluding carboxylic acids is 1. The van der Waals surface area contributed by atoms with Gasteiger partial charge in [-0.05, 0) is 119 Å². The molecule has 0 amide bonds. The van der Waals surface area contributed by atoms with Crippen LogP contribution in [0.1, 0.15) is 107 Å². The summed E-state index contributed by atoms with van der Waals surface area (Å²) >= 11 is 0. The highest BCUT2D eigenvalue weighted by molar-refractivity contribution is 5.73. The number of aliphatic hydroxyl groups is 5. The van der Waals surface area contributed by atoms with E-state index < -0.39 is 96.0 Å². The van der Waals surface area contributed by atoms with Gasteiger partial charge in [0.1, 0.15) is 30.0 Å². The quantitative estimate of drug-likeness (QED) is 0.125. The molecular weight excluding hydrogens is 801 g/mol. The van der Waals surface area contributed by atoms with Gasteiger partial charge in [0.2, 0.25) is 0 Å². The Balaban J connectivity index is 1.76. The largest absolute Gasteiger partial charge is 0.459 e. The van der Waals surface area contributed by atoms with Gasteiger partial charge in [0.05, 0.1) is 41.5 Å². The summed E-state index contributed by atoms with van der Waals surface area (Å²) < 4.78 is 38.1. The average molecular weight is 883 g/mol. The molecular formula is C46H82N4O12. The van der Waals surface area contributed by atoms with Crippen LogP contribution in [0.4, 0.5) is 0 Å². The molecule has 3 aliphatic rings. The molecule has 0 saturated carbocycles. The Morgan fingerprint density at radius 2 is 1.69 bits per heavy atom. The summed E-state index contributed by atoms with van der Waals surface area (Å²) in [4.78, 5) is 22.7. The van der Waals surface area contributed by atoms with Crippen molar-refractivity contribution in [2.75, 3.05) is 40.8 Å². The van der Waals surface area contributed by atoms with Gasteiger partial charge in [0, 0.05) is 57.0 Å². The monoisotopic (exact) mass is 883 g/mol. The van der Waals surface area contributed by atoms with Crippen LogP contribution in [0.5, 0.6) is 0 Å².